The highest BCUT2D eigenvalue weighted by atomic mass is 35.5. The minimum absolute atomic E-state index is 0.235. The van der Waals surface area contributed by atoms with Crippen molar-refractivity contribution in [3.63, 3.8) is 0 Å². The third kappa shape index (κ3) is 3.87. The number of hydrogen-bond donors (Lipinski definition) is 1. The summed E-state index contributed by atoms with van der Waals surface area (Å²) in [7, 11) is 4.52. The fourth-order valence-electron chi connectivity index (χ4n) is 1.34. The first-order valence-corrected chi connectivity index (χ1v) is 5.67. The zero-order valence-corrected chi connectivity index (χ0v) is 11.3. The van der Waals surface area contributed by atoms with Crippen LogP contribution >= 0.6 is 11.6 Å². The molecule has 0 heterocycles. The van der Waals surface area contributed by atoms with Crippen molar-refractivity contribution in [2.45, 2.75) is 6.29 Å². The van der Waals surface area contributed by atoms with Crippen LogP contribution < -0.4 is 10.1 Å². The number of halogens is 1. The van der Waals surface area contributed by atoms with Crippen molar-refractivity contribution in [2.24, 2.45) is 0 Å². The van der Waals surface area contributed by atoms with Gasteiger partial charge in [-0.15, -0.1) is 0 Å². The van der Waals surface area contributed by atoms with Crippen LogP contribution in [0.15, 0.2) is 18.2 Å². The summed E-state index contributed by atoms with van der Waals surface area (Å²) in [5.41, 5.74) is 0.349. The standard InChI is InChI=1S/C12H16ClNO4/c1-16-8-4-5-10(13)9(6-8)12(15)14-7-11(17-2)18-3/h4-6,11H,7H2,1-3H3,(H,14,15). The van der Waals surface area contributed by atoms with Gasteiger partial charge in [0.1, 0.15) is 5.75 Å². The molecule has 1 N–H and O–H groups in total. The van der Waals surface area contributed by atoms with Crippen LogP contribution in [0, 0.1) is 0 Å². The molecular weight excluding hydrogens is 258 g/mol. The quantitative estimate of drug-likeness (QED) is 0.802. The molecular formula is C12H16ClNO4. The SMILES string of the molecule is COc1ccc(Cl)c(C(=O)NCC(OC)OC)c1. The minimum atomic E-state index is -0.488. The number of amides is 1. The number of carbonyl (C=O) groups is 1. The first kappa shape index (κ1) is 14.8. The summed E-state index contributed by atoms with van der Waals surface area (Å²) in [6, 6.07) is 4.87. The first-order chi connectivity index (χ1) is 8.62. The molecule has 1 aromatic carbocycles. The zero-order valence-electron chi connectivity index (χ0n) is 10.5. The smallest absolute Gasteiger partial charge is 0.253 e. The second kappa shape index (κ2) is 7.20. The van der Waals surface area contributed by atoms with Crippen LogP contribution in [-0.4, -0.2) is 40.1 Å². The van der Waals surface area contributed by atoms with E-state index in [4.69, 9.17) is 25.8 Å². The van der Waals surface area contributed by atoms with Crippen LogP contribution in [0.25, 0.3) is 0 Å². The molecule has 0 aliphatic carbocycles. The van der Waals surface area contributed by atoms with Crippen molar-refractivity contribution in [3.05, 3.63) is 28.8 Å². The van der Waals surface area contributed by atoms with E-state index in [1.807, 2.05) is 0 Å². The van der Waals surface area contributed by atoms with Crippen molar-refractivity contribution in [1.82, 2.24) is 5.32 Å². The third-order valence-corrected chi connectivity index (χ3v) is 2.70. The van der Waals surface area contributed by atoms with Crippen molar-refractivity contribution < 1.29 is 19.0 Å². The lowest BCUT2D eigenvalue weighted by Gasteiger charge is -2.14. The summed E-state index contributed by atoms with van der Waals surface area (Å²) in [6.07, 6.45) is -0.488. The zero-order chi connectivity index (χ0) is 13.5. The number of ether oxygens (including phenoxy) is 3. The highest BCUT2D eigenvalue weighted by molar-refractivity contribution is 6.33. The summed E-state index contributed by atoms with van der Waals surface area (Å²) >= 11 is 5.95. The maximum atomic E-state index is 11.9. The Morgan fingerprint density at radius 2 is 2.00 bits per heavy atom. The normalized spacial score (nSPS) is 10.5. The second-order valence-electron chi connectivity index (χ2n) is 3.46. The molecule has 0 spiro atoms. The lowest BCUT2D eigenvalue weighted by Crippen LogP contribution is -2.34. The van der Waals surface area contributed by atoms with Crippen LogP contribution in [0.1, 0.15) is 10.4 Å². The molecule has 0 aromatic heterocycles. The molecule has 0 aliphatic rings. The number of rotatable bonds is 6. The minimum Gasteiger partial charge on any atom is -0.497 e. The maximum absolute atomic E-state index is 11.9. The monoisotopic (exact) mass is 273 g/mol. The molecule has 0 radical (unpaired) electrons. The molecule has 0 unspecified atom stereocenters. The highest BCUT2D eigenvalue weighted by Gasteiger charge is 2.13. The lowest BCUT2D eigenvalue weighted by molar-refractivity contribution is -0.0974. The number of nitrogens with one attached hydrogen (secondary N) is 1. The van der Waals surface area contributed by atoms with Crippen LogP contribution in [0.4, 0.5) is 0 Å². The van der Waals surface area contributed by atoms with Crippen molar-refractivity contribution in [3.8, 4) is 5.75 Å². The van der Waals surface area contributed by atoms with Crippen molar-refractivity contribution in [1.29, 1.82) is 0 Å². The Balaban J connectivity index is 2.71. The van der Waals surface area contributed by atoms with Gasteiger partial charge in [0.05, 0.1) is 24.2 Å². The van der Waals surface area contributed by atoms with E-state index in [1.54, 1.807) is 18.2 Å². The molecule has 100 valence electrons. The molecule has 1 rings (SSSR count). The van der Waals surface area contributed by atoms with Gasteiger partial charge < -0.3 is 19.5 Å². The van der Waals surface area contributed by atoms with Gasteiger partial charge in [-0.05, 0) is 18.2 Å². The Morgan fingerprint density at radius 3 is 2.56 bits per heavy atom. The predicted molar refractivity (Wildman–Crippen MR) is 68.1 cm³/mol. The number of methoxy groups -OCH3 is 3. The van der Waals surface area contributed by atoms with Crippen LogP contribution in [0.3, 0.4) is 0 Å². The largest absolute Gasteiger partial charge is 0.497 e. The molecule has 0 atom stereocenters. The van der Waals surface area contributed by atoms with Gasteiger partial charge in [0, 0.05) is 14.2 Å². The Hall–Kier alpha value is -1.30. The van der Waals surface area contributed by atoms with E-state index in [0.29, 0.717) is 16.3 Å². The van der Waals surface area contributed by atoms with Crippen LogP contribution in [0.5, 0.6) is 5.75 Å². The fraction of sp³-hybridized carbons (Fsp3) is 0.417. The molecule has 5 nitrogen and oxygen atoms in total. The van der Waals surface area contributed by atoms with Gasteiger partial charge in [0.15, 0.2) is 6.29 Å². The van der Waals surface area contributed by atoms with Gasteiger partial charge in [-0.1, -0.05) is 11.6 Å². The molecule has 0 bridgehead atoms. The highest BCUT2D eigenvalue weighted by Crippen LogP contribution is 2.21. The molecule has 18 heavy (non-hydrogen) atoms. The van der Waals surface area contributed by atoms with Gasteiger partial charge in [0.2, 0.25) is 0 Å². The molecule has 0 aliphatic heterocycles. The van der Waals surface area contributed by atoms with E-state index in [-0.39, 0.29) is 12.5 Å². The average molecular weight is 274 g/mol. The lowest BCUT2D eigenvalue weighted by atomic mass is 10.2. The van der Waals surface area contributed by atoms with E-state index in [9.17, 15) is 4.79 Å². The Bertz CT molecular complexity index is 407. The Kier molecular flexibility index (Phi) is 5.91. The summed E-state index contributed by atoms with van der Waals surface area (Å²) < 4.78 is 15.0. The molecule has 1 aromatic rings. The predicted octanol–water partition coefficient (Wildman–Crippen LogP) is 1.70. The number of benzene rings is 1. The van der Waals surface area contributed by atoms with Crippen molar-refractivity contribution >= 4 is 17.5 Å². The molecule has 0 saturated carbocycles. The van der Waals surface area contributed by atoms with Crippen LogP contribution in [0.2, 0.25) is 5.02 Å². The number of hydrogen-bond acceptors (Lipinski definition) is 4. The number of carbonyl (C=O) groups excluding carboxylic acids is 1. The maximum Gasteiger partial charge on any atom is 0.253 e. The van der Waals surface area contributed by atoms with E-state index in [2.05, 4.69) is 5.32 Å². The Morgan fingerprint density at radius 1 is 1.33 bits per heavy atom. The van der Waals surface area contributed by atoms with Crippen molar-refractivity contribution in [2.75, 3.05) is 27.9 Å². The second-order valence-corrected chi connectivity index (χ2v) is 3.86. The molecule has 6 heteroatoms. The summed E-state index contributed by atoms with van der Waals surface area (Å²) in [4.78, 5) is 11.9. The van der Waals surface area contributed by atoms with E-state index in [1.165, 1.54) is 21.3 Å². The van der Waals surface area contributed by atoms with Gasteiger partial charge in [-0.25, -0.2) is 0 Å². The summed E-state index contributed by atoms with van der Waals surface area (Å²) in [6.45, 7) is 0.235. The van der Waals surface area contributed by atoms with Gasteiger partial charge in [-0.3, -0.25) is 4.79 Å². The molecule has 1 amide bonds. The topological polar surface area (TPSA) is 56.8 Å². The summed E-state index contributed by atoms with van der Waals surface area (Å²) in [5, 5.41) is 3.02. The third-order valence-electron chi connectivity index (χ3n) is 2.37. The fourth-order valence-corrected chi connectivity index (χ4v) is 1.54. The van der Waals surface area contributed by atoms with E-state index in [0.717, 1.165) is 0 Å². The summed E-state index contributed by atoms with van der Waals surface area (Å²) in [5.74, 6) is 0.262. The van der Waals surface area contributed by atoms with Crippen LogP contribution in [-0.2, 0) is 9.47 Å². The van der Waals surface area contributed by atoms with E-state index >= 15 is 0 Å². The van der Waals surface area contributed by atoms with E-state index < -0.39 is 6.29 Å². The average Bonchev–Trinajstić information content (AvgIpc) is 2.40. The molecule has 0 fully saturated rings. The molecule has 0 saturated heterocycles. The van der Waals surface area contributed by atoms with Gasteiger partial charge in [-0.2, -0.15) is 0 Å². The first-order valence-electron chi connectivity index (χ1n) is 5.29. The Labute approximate surface area is 111 Å². The van der Waals surface area contributed by atoms with Gasteiger partial charge in [0.25, 0.3) is 5.91 Å². The van der Waals surface area contributed by atoms with Gasteiger partial charge >= 0.3 is 0 Å².